The fourth-order valence-electron chi connectivity index (χ4n) is 1.59. The van der Waals surface area contributed by atoms with E-state index in [1.54, 1.807) is 0 Å². The van der Waals surface area contributed by atoms with Gasteiger partial charge < -0.3 is 10.2 Å². The number of thiophene rings is 1. The van der Waals surface area contributed by atoms with Crippen LogP contribution >= 0.6 is 11.3 Å². The van der Waals surface area contributed by atoms with Gasteiger partial charge in [-0.25, -0.2) is 17.6 Å². The number of halogens is 1. The van der Waals surface area contributed by atoms with E-state index in [-0.39, 0.29) is 14.7 Å². The van der Waals surface area contributed by atoms with Crippen molar-refractivity contribution < 1.29 is 32.6 Å². The SMILES string of the molecule is O=C(O)C(O)=CC(=O)c1csc(S(=O)(=O)c2ccc(F)cc2)c1. The van der Waals surface area contributed by atoms with Crippen molar-refractivity contribution in [3.05, 3.63) is 58.9 Å². The summed E-state index contributed by atoms with van der Waals surface area (Å²) in [6.45, 7) is 0. The van der Waals surface area contributed by atoms with Crippen LogP contribution in [0.2, 0.25) is 0 Å². The highest BCUT2D eigenvalue weighted by molar-refractivity contribution is 7.93. The number of allylic oxidation sites excluding steroid dienone is 1. The van der Waals surface area contributed by atoms with Crippen LogP contribution in [0.1, 0.15) is 10.4 Å². The average Bonchev–Trinajstić information content (AvgIpc) is 2.98. The van der Waals surface area contributed by atoms with E-state index in [4.69, 9.17) is 10.2 Å². The van der Waals surface area contributed by atoms with E-state index in [9.17, 15) is 22.4 Å². The van der Waals surface area contributed by atoms with Gasteiger partial charge in [-0.1, -0.05) is 0 Å². The Morgan fingerprint density at radius 1 is 1.13 bits per heavy atom. The molecule has 23 heavy (non-hydrogen) atoms. The van der Waals surface area contributed by atoms with E-state index in [0.29, 0.717) is 6.08 Å². The molecule has 0 aliphatic rings. The molecule has 1 heterocycles. The summed E-state index contributed by atoms with van der Waals surface area (Å²) in [5.41, 5.74) is -0.0801. The van der Waals surface area contributed by atoms with Crippen molar-refractivity contribution in [2.45, 2.75) is 9.10 Å². The lowest BCUT2D eigenvalue weighted by atomic mass is 10.2. The van der Waals surface area contributed by atoms with Crippen LogP contribution in [0.3, 0.4) is 0 Å². The van der Waals surface area contributed by atoms with Gasteiger partial charge in [0.1, 0.15) is 10.0 Å². The highest BCUT2D eigenvalue weighted by Gasteiger charge is 2.21. The molecule has 0 bridgehead atoms. The van der Waals surface area contributed by atoms with Crippen LogP contribution in [-0.2, 0) is 14.6 Å². The lowest BCUT2D eigenvalue weighted by molar-refractivity contribution is -0.135. The third-order valence-corrected chi connectivity index (χ3v) is 5.94. The number of benzene rings is 1. The predicted molar refractivity (Wildman–Crippen MR) is 78.8 cm³/mol. The number of carbonyl (C=O) groups excluding carboxylic acids is 1. The molecular formula is C14H9FO6S2. The number of aliphatic carboxylic acids is 1. The largest absolute Gasteiger partial charge is 0.502 e. The maximum absolute atomic E-state index is 12.9. The van der Waals surface area contributed by atoms with Crippen molar-refractivity contribution in [3.63, 3.8) is 0 Å². The first-order valence-electron chi connectivity index (χ1n) is 5.99. The first-order chi connectivity index (χ1) is 10.7. The molecule has 0 aliphatic heterocycles. The molecule has 0 saturated carbocycles. The second kappa shape index (κ2) is 6.31. The molecule has 0 unspecified atom stereocenters. The minimum Gasteiger partial charge on any atom is -0.502 e. The maximum Gasteiger partial charge on any atom is 0.371 e. The van der Waals surface area contributed by atoms with Crippen molar-refractivity contribution in [3.8, 4) is 0 Å². The van der Waals surface area contributed by atoms with Crippen LogP contribution in [0.15, 0.2) is 56.7 Å². The van der Waals surface area contributed by atoms with Gasteiger partial charge in [0.15, 0.2) is 5.78 Å². The van der Waals surface area contributed by atoms with E-state index < -0.39 is 33.2 Å². The number of sulfone groups is 1. The number of hydrogen-bond acceptors (Lipinski definition) is 6. The number of ketones is 1. The average molecular weight is 356 g/mol. The van der Waals surface area contributed by atoms with Crippen molar-refractivity contribution in [2.24, 2.45) is 0 Å². The molecule has 2 aromatic rings. The molecule has 0 fully saturated rings. The molecule has 1 aromatic carbocycles. The molecular weight excluding hydrogens is 347 g/mol. The molecule has 0 radical (unpaired) electrons. The quantitative estimate of drug-likeness (QED) is 0.369. The van der Waals surface area contributed by atoms with Gasteiger partial charge in [0.25, 0.3) is 0 Å². The Balaban J connectivity index is 2.35. The number of carbonyl (C=O) groups is 2. The molecule has 9 heteroatoms. The van der Waals surface area contributed by atoms with Crippen molar-refractivity contribution in [2.75, 3.05) is 0 Å². The smallest absolute Gasteiger partial charge is 0.371 e. The zero-order valence-corrected chi connectivity index (χ0v) is 12.9. The number of hydrogen-bond donors (Lipinski definition) is 2. The lowest BCUT2D eigenvalue weighted by Gasteiger charge is -2.00. The molecule has 2 N–H and O–H groups in total. The van der Waals surface area contributed by atoms with Crippen LogP contribution in [0.5, 0.6) is 0 Å². The predicted octanol–water partition coefficient (Wildman–Crippen LogP) is 2.43. The molecule has 0 amide bonds. The third kappa shape index (κ3) is 3.63. The molecule has 0 spiro atoms. The number of rotatable bonds is 5. The van der Waals surface area contributed by atoms with Gasteiger partial charge in [-0.2, -0.15) is 0 Å². The third-order valence-electron chi connectivity index (χ3n) is 2.74. The molecule has 6 nitrogen and oxygen atoms in total. The number of carboxylic acids is 1. The van der Waals surface area contributed by atoms with Gasteiger partial charge in [-0.05, 0) is 30.3 Å². The standard InChI is InChI=1S/C14H9FO6S2/c15-9-1-3-10(4-2-9)23(20,21)13-5-8(7-22-13)11(16)6-12(17)14(18)19/h1-7,17H,(H,18,19). The second-order valence-electron chi connectivity index (χ2n) is 4.31. The van der Waals surface area contributed by atoms with Crippen molar-refractivity contribution in [1.29, 1.82) is 0 Å². The van der Waals surface area contributed by atoms with Crippen molar-refractivity contribution in [1.82, 2.24) is 0 Å². The molecule has 1 aromatic heterocycles. The Labute approximate surface area is 134 Å². The Hall–Kier alpha value is -2.52. The second-order valence-corrected chi connectivity index (χ2v) is 7.40. The number of aliphatic hydroxyl groups excluding tert-OH is 1. The van der Waals surface area contributed by atoms with E-state index in [1.807, 2.05) is 0 Å². The summed E-state index contributed by atoms with van der Waals surface area (Å²) in [5.74, 6) is -4.25. The highest BCUT2D eigenvalue weighted by atomic mass is 32.2. The van der Waals surface area contributed by atoms with Crippen LogP contribution in [0, 0.1) is 5.82 Å². The Kier molecular flexibility index (Phi) is 4.62. The summed E-state index contributed by atoms with van der Waals surface area (Å²) >= 11 is 0.758. The lowest BCUT2D eigenvalue weighted by Crippen LogP contribution is -2.03. The first-order valence-corrected chi connectivity index (χ1v) is 8.35. The summed E-state index contributed by atoms with van der Waals surface area (Å²) in [5, 5.41) is 18.7. The summed E-state index contributed by atoms with van der Waals surface area (Å²) in [6, 6.07) is 5.27. The minimum absolute atomic E-state index is 0.0801. The number of aliphatic hydroxyl groups is 1. The molecule has 0 atom stereocenters. The van der Waals surface area contributed by atoms with Gasteiger partial charge in [0.2, 0.25) is 15.6 Å². The van der Waals surface area contributed by atoms with E-state index in [0.717, 1.165) is 41.7 Å². The first kappa shape index (κ1) is 16.8. The number of carboxylic acid groups (broad SMARTS) is 1. The minimum atomic E-state index is -3.91. The normalized spacial score (nSPS) is 12.1. The monoisotopic (exact) mass is 356 g/mol. The molecule has 2 rings (SSSR count). The summed E-state index contributed by atoms with van der Waals surface area (Å²) in [7, 11) is -3.91. The van der Waals surface area contributed by atoms with Gasteiger partial charge in [-0.3, -0.25) is 4.79 Å². The summed E-state index contributed by atoms with van der Waals surface area (Å²) in [4.78, 5) is 22.1. The van der Waals surface area contributed by atoms with Crippen LogP contribution in [-0.4, -0.2) is 30.4 Å². The van der Waals surface area contributed by atoms with Gasteiger partial charge in [-0.15, -0.1) is 11.3 Å². The zero-order chi connectivity index (χ0) is 17.2. The van der Waals surface area contributed by atoms with Crippen LogP contribution in [0.4, 0.5) is 4.39 Å². The summed E-state index contributed by atoms with van der Waals surface area (Å²) in [6.07, 6.45) is 0.485. The molecule has 0 saturated heterocycles. The fourth-order valence-corrected chi connectivity index (χ4v) is 4.16. The maximum atomic E-state index is 12.9. The van der Waals surface area contributed by atoms with E-state index in [1.165, 1.54) is 5.38 Å². The Bertz CT molecular complexity index is 894. The Morgan fingerprint density at radius 2 is 1.74 bits per heavy atom. The van der Waals surface area contributed by atoms with Crippen LogP contribution in [0.25, 0.3) is 0 Å². The zero-order valence-electron chi connectivity index (χ0n) is 11.3. The van der Waals surface area contributed by atoms with Gasteiger partial charge >= 0.3 is 5.97 Å². The van der Waals surface area contributed by atoms with E-state index in [2.05, 4.69) is 0 Å². The molecule has 120 valence electrons. The highest BCUT2D eigenvalue weighted by Crippen LogP contribution is 2.27. The van der Waals surface area contributed by atoms with E-state index >= 15 is 0 Å². The van der Waals surface area contributed by atoms with Gasteiger partial charge in [0, 0.05) is 17.0 Å². The summed E-state index contributed by atoms with van der Waals surface area (Å²) < 4.78 is 37.4. The fraction of sp³-hybridized carbons (Fsp3) is 0. The van der Waals surface area contributed by atoms with Crippen molar-refractivity contribution >= 4 is 32.9 Å². The Morgan fingerprint density at radius 3 is 2.30 bits per heavy atom. The van der Waals surface area contributed by atoms with Crippen LogP contribution < -0.4 is 0 Å². The topological polar surface area (TPSA) is 109 Å². The molecule has 0 aliphatic carbocycles. The van der Waals surface area contributed by atoms with Gasteiger partial charge in [0.05, 0.1) is 4.90 Å².